The molecule has 1 aromatic carbocycles. The van der Waals surface area contributed by atoms with Gasteiger partial charge in [0.05, 0.1) is 20.8 Å². The normalized spacial score (nSPS) is 9.44. The van der Waals surface area contributed by atoms with Crippen molar-refractivity contribution in [3.63, 3.8) is 0 Å². The maximum Gasteiger partial charge on any atom is 0.127 e. The first-order valence-electron chi connectivity index (χ1n) is 6.26. The van der Waals surface area contributed by atoms with Crippen LogP contribution in [0.2, 0.25) is 0 Å². The van der Waals surface area contributed by atoms with Gasteiger partial charge in [0.1, 0.15) is 11.5 Å². The number of aliphatic hydroxyl groups excluding tert-OH is 1. The smallest absolute Gasteiger partial charge is 0.127 e. The molecule has 0 aliphatic carbocycles. The third kappa shape index (κ3) is 4.94. The molecule has 4 heteroatoms. The van der Waals surface area contributed by atoms with Crippen LogP contribution in [0.25, 0.3) is 0 Å². The minimum Gasteiger partial charge on any atom is -0.496 e. The van der Waals surface area contributed by atoms with Crippen molar-refractivity contribution in [3.8, 4) is 11.5 Å². The summed E-state index contributed by atoms with van der Waals surface area (Å²) in [5.74, 6) is 1.62. The maximum absolute atomic E-state index is 8.72. The van der Waals surface area contributed by atoms with E-state index in [4.69, 9.17) is 14.6 Å². The Morgan fingerprint density at radius 2 is 1.61 bits per heavy atom. The first-order valence-corrected chi connectivity index (χ1v) is 6.26. The van der Waals surface area contributed by atoms with Gasteiger partial charge in [0, 0.05) is 18.7 Å². The fourth-order valence-corrected chi connectivity index (χ4v) is 1.58. The Hall–Kier alpha value is -1.26. The summed E-state index contributed by atoms with van der Waals surface area (Å²) in [5, 5.41) is 11.8. The van der Waals surface area contributed by atoms with Crippen LogP contribution >= 0.6 is 0 Å². The van der Waals surface area contributed by atoms with Crippen molar-refractivity contribution < 1.29 is 14.6 Å². The van der Waals surface area contributed by atoms with E-state index in [2.05, 4.69) is 5.32 Å². The van der Waals surface area contributed by atoms with Crippen LogP contribution in [0.3, 0.4) is 0 Å². The van der Waals surface area contributed by atoms with Gasteiger partial charge in [-0.2, -0.15) is 0 Å². The van der Waals surface area contributed by atoms with E-state index in [-0.39, 0.29) is 6.61 Å². The zero-order valence-electron chi connectivity index (χ0n) is 12.0. The van der Waals surface area contributed by atoms with E-state index < -0.39 is 0 Å². The second-order valence-electron chi connectivity index (χ2n) is 3.55. The molecule has 0 saturated heterocycles. The summed E-state index contributed by atoms with van der Waals surface area (Å²) in [6, 6.07) is 3.94. The number of benzene rings is 1. The van der Waals surface area contributed by atoms with Crippen molar-refractivity contribution in [2.24, 2.45) is 0 Å². The third-order valence-electron chi connectivity index (χ3n) is 2.34. The van der Waals surface area contributed by atoms with Gasteiger partial charge >= 0.3 is 0 Å². The summed E-state index contributed by atoms with van der Waals surface area (Å²) >= 11 is 0. The van der Waals surface area contributed by atoms with E-state index >= 15 is 0 Å². The summed E-state index contributed by atoms with van der Waals surface area (Å²) in [6.45, 7) is 7.29. The summed E-state index contributed by atoms with van der Waals surface area (Å²) < 4.78 is 10.6. The van der Waals surface area contributed by atoms with Gasteiger partial charge in [-0.1, -0.05) is 13.8 Å². The third-order valence-corrected chi connectivity index (χ3v) is 2.34. The van der Waals surface area contributed by atoms with Gasteiger partial charge in [-0.3, -0.25) is 0 Å². The van der Waals surface area contributed by atoms with Crippen molar-refractivity contribution in [1.82, 2.24) is 5.32 Å². The molecule has 0 atom stereocenters. The SMILES string of the molecule is CC.COc1cc(C)cc(OC)c1CNCCO. The Kier molecular flexibility index (Phi) is 9.06. The van der Waals surface area contributed by atoms with Crippen molar-refractivity contribution in [1.29, 1.82) is 0 Å². The van der Waals surface area contributed by atoms with Gasteiger partial charge < -0.3 is 19.9 Å². The molecule has 1 aromatic rings. The van der Waals surface area contributed by atoms with Gasteiger partial charge in [-0.15, -0.1) is 0 Å². The molecule has 0 fully saturated rings. The highest BCUT2D eigenvalue weighted by Gasteiger charge is 2.10. The molecule has 2 N–H and O–H groups in total. The average molecular weight is 255 g/mol. The molecule has 0 unspecified atom stereocenters. The summed E-state index contributed by atoms with van der Waals surface area (Å²) in [4.78, 5) is 0. The van der Waals surface area contributed by atoms with Crippen LogP contribution in [0.5, 0.6) is 11.5 Å². The topological polar surface area (TPSA) is 50.7 Å². The van der Waals surface area contributed by atoms with Crippen LogP contribution in [-0.2, 0) is 6.54 Å². The minimum atomic E-state index is 0.122. The summed E-state index contributed by atoms with van der Waals surface area (Å²) in [6.07, 6.45) is 0. The fraction of sp³-hybridized carbons (Fsp3) is 0.571. The largest absolute Gasteiger partial charge is 0.496 e. The van der Waals surface area contributed by atoms with Crippen molar-refractivity contribution in [2.75, 3.05) is 27.4 Å². The highest BCUT2D eigenvalue weighted by Crippen LogP contribution is 2.30. The molecule has 0 radical (unpaired) electrons. The zero-order valence-corrected chi connectivity index (χ0v) is 12.0. The molecule has 0 saturated carbocycles. The number of methoxy groups -OCH3 is 2. The number of nitrogens with one attached hydrogen (secondary N) is 1. The van der Waals surface area contributed by atoms with Crippen LogP contribution in [0, 0.1) is 6.92 Å². The second kappa shape index (κ2) is 9.74. The van der Waals surface area contributed by atoms with Crippen LogP contribution in [-0.4, -0.2) is 32.5 Å². The Bertz CT molecular complexity index is 315. The lowest BCUT2D eigenvalue weighted by Gasteiger charge is -2.14. The van der Waals surface area contributed by atoms with Gasteiger partial charge in [0.15, 0.2) is 0 Å². The van der Waals surface area contributed by atoms with Gasteiger partial charge in [0.25, 0.3) is 0 Å². The van der Waals surface area contributed by atoms with E-state index in [9.17, 15) is 0 Å². The van der Waals surface area contributed by atoms with Crippen molar-refractivity contribution in [3.05, 3.63) is 23.3 Å². The molecule has 0 aliphatic heterocycles. The first-order chi connectivity index (χ1) is 8.72. The zero-order chi connectivity index (χ0) is 14.0. The lowest BCUT2D eigenvalue weighted by Crippen LogP contribution is -2.18. The van der Waals surface area contributed by atoms with Crippen LogP contribution < -0.4 is 14.8 Å². The maximum atomic E-state index is 8.72. The molecule has 4 nitrogen and oxygen atoms in total. The van der Waals surface area contributed by atoms with Gasteiger partial charge in [-0.05, 0) is 24.6 Å². The van der Waals surface area contributed by atoms with Crippen molar-refractivity contribution >= 4 is 0 Å². The standard InChI is InChI=1S/C12H19NO3.C2H6/c1-9-6-11(15-2)10(8-13-4-5-14)12(7-9)16-3;1-2/h6-7,13-14H,4-5,8H2,1-3H3;1-2H3. The van der Waals surface area contributed by atoms with E-state index in [1.807, 2.05) is 32.9 Å². The van der Waals surface area contributed by atoms with Crippen LogP contribution in [0.4, 0.5) is 0 Å². The van der Waals surface area contributed by atoms with E-state index in [0.29, 0.717) is 13.1 Å². The molecular weight excluding hydrogens is 230 g/mol. The molecule has 18 heavy (non-hydrogen) atoms. The number of rotatable bonds is 6. The van der Waals surface area contributed by atoms with Crippen LogP contribution in [0.15, 0.2) is 12.1 Å². The lowest BCUT2D eigenvalue weighted by atomic mass is 10.1. The predicted octanol–water partition coefficient (Wildman–Crippen LogP) is 2.12. The molecule has 0 aliphatic rings. The quantitative estimate of drug-likeness (QED) is 0.765. The Morgan fingerprint density at radius 3 is 2.00 bits per heavy atom. The van der Waals surface area contributed by atoms with E-state index in [1.165, 1.54) is 0 Å². The molecule has 0 amide bonds. The Balaban J connectivity index is 0.00000137. The molecule has 104 valence electrons. The fourth-order valence-electron chi connectivity index (χ4n) is 1.58. The number of hydrogen-bond acceptors (Lipinski definition) is 4. The monoisotopic (exact) mass is 255 g/mol. The van der Waals surface area contributed by atoms with Gasteiger partial charge in [-0.25, -0.2) is 0 Å². The predicted molar refractivity (Wildman–Crippen MR) is 74.4 cm³/mol. The number of aliphatic hydroxyl groups is 1. The molecule has 0 spiro atoms. The lowest BCUT2D eigenvalue weighted by molar-refractivity contribution is 0.290. The van der Waals surface area contributed by atoms with E-state index in [1.54, 1.807) is 14.2 Å². The number of hydrogen-bond donors (Lipinski definition) is 2. The second-order valence-corrected chi connectivity index (χ2v) is 3.55. The van der Waals surface area contributed by atoms with Gasteiger partial charge in [0.2, 0.25) is 0 Å². The Labute approximate surface area is 110 Å². The summed E-state index contributed by atoms with van der Waals surface area (Å²) in [7, 11) is 3.29. The highest BCUT2D eigenvalue weighted by atomic mass is 16.5. The Morgan fingerprint density at radius 1 is 1.11 bits per heavy atom. The summed E-state index contributed by atoms with van der Waals surface area (Å²) in [5.41, 5.74) is 2.07. The van der Waals surface area contributed by atoms with Crippen molar-refractivity contribution in [2.45, 2.75) is 27.3 Å². The number of aryl methyl sites for hydroxylation is 1. The number of ether oxygens (including phenoxy) is 2. The minimum absolute atomic E-state index is 0.122. The van der Waals surface area contributed by atoms with E-state index in [0.717, 1.165) is 22.6 Å². The molecular formula is C14H25NO3. The molecule has 0 aromatic heterocycles. The molecule has 0 bridgehead atoms. The van der Waals surface area contributed by atoms with Crippen LogP contribution in [0.1, 0.15) is 25.0 Å². The molecule has 1 rings (SSSR count). The first kappa shape index (κ1) is 16.7. The highest BCUT2D eigenvalue weighted by molar-refractivity contribution is 5.47. The average Bonchev–Trinajstić information content (AvgIpc) is 2.42. The molecule has 0 heterocycles.